The zero-order chi connectivity index (χ0) is 9.42. The largest absolute Gasteiger partial charge is 0.354 e. The molecule has 1 unspecified atom stereocenters. The molecule has 3 nitrogen and oxygen atoms in total. The minimum absolute atomic E-state index is 0.248. The van der Waals surface area contributed by atoms with Crippen molar-refractivity contribution in [1.82, 2.24) is 4.57 Å². The zero-order valence-corrected chi connectivity index (χ0v) is 7.79. The lowest BCUT2D eigenvalue weighted by molar-refractivity contribution is 0.0949. The lowest BCUT2D eigenvalue weighted by Gasteiger charge is -2.20. The number of aryl methyl sites for hydroxylation is 1. The summed E-state index contributed by atoms with van der Waals surface area (Å²) in [7, 11) is 1.98. The summed E-state index contributed by atoms with van der Waals surface area (Å²) in [6.45, 7) is 0.608. The first-order valence-corrected chi connectivity index (χ1v) is 4.60. The van der Waals surface area contributed by atoms with Crippen LogP contribution in [0.5, 0.6) is 0 Å². The fourth-order valence-electron chi connectivity index (χ4n) is 1.95. The summed E-state index contributed by atoms with van der Waals surface area (Å²) < 4.78 is 2.02. The number of hydrogen-bond acceptors (Lipinski definition) is 2. The van der Waals surface area contributed by atoms with E-state index in [9.17, 15) is 4.79 Å². The van der Waals surface area contributed by atoms with E-state index in [1.165, 1.54) is 0 Å². The van der Waals surface area contributed by atoms with Crippen molar-refractivity contribution in [3.8, 4) is 0 Å². The number of nitrogens with two attached hydrogens (primary N) is 1. The standard InChI is InChI=1S/C10H14N2O/c1-12-3-2-8-9(12)4-7(6-11)5-10(8)13/h2-3,7H,4-6,11H2,1H3. The smallest absolute Gasteiger partial charge is 0.165 e. The third-order valence-corrected chi connectivity index (χ3v) is 2.79. The summed E-state index contributed by atoms with van der Waals surface area (Å²) in [5.74, 6) is 0.589. The molecule has 0 spiro atoms. The van der Waals surface area contributed by atoms with Gasteiger partial charge in [0.25, 0.3) is 0 Å². The number of rotatable bonds is 1. The summed E-state index contributed by atoms with van der Waals surface area (Å²) in [4.78, 5) is 11.6. The van der Waals surface area contributed by atoms with Gasteiger partial charge in [-0.1, -0.05) is 0 Å². The average Bonchev–Trinajstić information content (AvgIpc) is 2.48. The minimum atomic E-state index is 0.248. The molecule has 0 radical (unpaired) electrons. The molecule has 0 saturated heterocycles. The lowest BCUT2D eigenvalue weighted by Crippen LogP contribution is -2.26. The third kappa shape index (κ3) is 1.29. The monoisotopic (exact) mass is 178 g/mol. The molecular formula is C10H14N2O. The second-order valence-electron chi connectivity index (χ2n) is 3.72. The van der Waals surface area contributed by atoms with Gasteiger partial charge in [-0.05, 0) is 24.9 Å². The number of Topliss-reactive ketones (excluding diaryl/α,β-unsaturated/α-hetero) is 1. The summed E-state index contributed by atoms with van der Waals surface area (Å²) in [6.07, 6.45) is 3.51. The molecule has 1 aliphatic carbocycles. The summed E-state index contributed by atoms with van der Waals surface area (Å²) in [5, 5.41) is 0. The SMILES string of the molecule is Cn1ccc2c1CC(CN)CC2=O. The van der Waals surface area contributed by atoms with Gasteiger partial charge in [-0.2, -0.15) is 0 Å². The number of hydrogen-bond donors (Lipinski definition) is 1. The van der Waals surface area contributed by atoms with Crippen LogP contribution in [0, 0.1) is 5.92 Å². The fourth-order valence-corrected chi connectivity index (χ4v) is 1.95. The Labute approximate surface area is 77.5 Å². The van der Waals surface area contributed by atoms with Gasteiger partial charge in [0.1, 0.15) is 0 Å². The Bertz CT molecular complexity index is 341. The van der Waals surface area contributed by atoms with E-state index in [0.717, 1.165) is 17.7 Å². The Morgan fingerprint density at radius 2 is 2.38 bits per heavy atom. The summed E-state index contributed by atoms with van der Waals surface area (Å²) >= 11 is 0. The Balaban J connectivity index is 2.39. The Hall–Kier alpha value is -1.09. The van der Waals surface area contributed by atoms with E-state index in [1.54, 1.807) is 0 Å². The molecule has 1 aromatic heterocycles. The molecule has 3 heteroatoms. The van der Waals surface area contributed by atoms with E-state index >= 15 is 0 Å². The van der Waals surface area contributed by atoms with Crippen LogP contribution in [0.2, 0.25) is 0 Å². The van der Waals surface area contributed by atoms with Crippen LogP contribution in [-0.4, -0.2) is 16.9 Å². The third-order valence-electron chi connectivity index (χ3n) is 2.79. The average molecular weight is 178 g/mol. The minimum Gasteiger partial charge on any atom is -0.354 e. The normalized spacial score (nSPS) is 21.7. The highest BCUT2D eigenvalue weighted by molar-refractivity contribution is 5.98. The molecule has 0 saturated carbocycles. The Morgan fingerprint density at radius 3 is 3.08 bits per heavy atom. The first-order valence-electron chi connectivity index (χ1n) is 4.60. The summed E-state index contributed by atoms with van der Waals surface area (Å²) in [5.41, 5.74) is 7.62. The number of ketones is 1. The molecule has 1 heterocycles. The maximum atomic E-state index is 11.6. The van der Waals surface area contributed by atoms with Gasteiger partial charge in [-0.25, -0.2) is 0 Å². The predicted molar refractivity (Wildman–Crippen MR) is 50.6 cm³/mol. The van der Waals surface area contributed by atoms with Crippen LogP contribution in [0.25, 0.3) is 0 Å². The first-order chi connectivity index (χ1) is 6.22. The van der Waals surface area contributed by atoms with Crippen molar-refractivity contribution >= 4 is 5.78 Å². The number of carbonyl (C=O) groups excluding carboxylic acids is 1. The van der Waals surface area contributed by atoms with E-state index < -0.39 is 0 Å². The van der Waals surface area contributed by atoms with Crippen molar-refractivity contribution in [3.05, 3.63) is 23.5 Å². The van der Waals surface area contributed by atoms with Gasteiger partial charge >= 0.3 is 0 Å². The van der Waals surface area contributed by atoms with E-state index in [1.807, 2.05) is 23.9 Å². The maximum absolute atomic E-state index is 11.6. The lowest BCUT2D eigenvalue weighted by atomic mass is 9.87. The highest BCUT2D eigenvalue weighted by Gasteiger charge is 2.25. The molecule has 1 aromatic rings. The van der Waals surface area contributed by atoms with E-state index in [2.05, 4.69) is 0 Å². The first kappa shape index (κ1) is 8.51. The number of carbonyl (C=O) groups is 1. The molecule has 0 amide bonds. The van der Waals surface area contributed by atoms with E-state index in [-0.39, 0.29) is 5.78 Å². The van der Waals surface area contributed by atoms with Crippen LogP contribution in [-0.2, 0) is 13.5 Å². The molecule has 0 fully saturated rings. The molecule has 0 bridgehead atoms. The van der Waals surface area contributed by atoms with Gasteiger partial charge in [0.2, 0.25) is 0 Å². The van der Waals surface area contributed by atoms with Gasteiger partial charge in [-0.3, -0.25) is 4.79 Å². The number of aromatic nitrogens is 1. The van der Waals surface area contributed by atoms with Crippen LogP contribution in [0.15, 0.2) is 12.3 Å². The maximum Gasteiger partial charge on any atom is 0.165 e. The molecule has 70 valence electrons. The van der Waals surface area contributed by atoms with Crippen molar-refractivity contribution in [1.29, 1.82) is 0 Å². The number of nitrogens with zero attached hydrogens (tertiary/aromatic N) is 1. The van der Waals surface area contributed by atoms with E-state index in [0.29, 0.717) is 18.9 Å². The second-order valence-corrected chi connectivity index (χ2v) is 3.72. The van der Waals surface area contributed by atoms with E-state index in [4.69, 9.17) is 5.73 Å². The van der Waals surface area contributed by atoms with Gasteiger partial charge in [-0.15, -0.1) is 0 Å². The van der Waals surface area contributed by atoms with Gasteiger partial charge < -0.3 is 10.3 Å². The van der Waals surface area contributed by atoms with Crippen LogP contribution < -0.4 is 5.73 Å². The Morgan fingerprint density at radius 1 is 1.62 bits per heavy atom. The van der Waals surface area contributed by atoms with Crippen LogP contribution >= 0.6 is 0 Å². The molecular weight excluding hydrogens is 164 g/mol. The predicted octanol–water partition coefficient (Wildman–Crippen LogP) is 0.729. The molecule has 13 heavy (non-hydrogen) atoms. The van der Waals surface area contributed by atoms with Gasteiger partial charge in [0, 0.05) is 30.9 Å². The van der Waals surface area contributed by atoms with Crippen molar-refractivity contribution in [3.63, 3.8) is 0 Å². The van der Waals surface area contributed by atoms with Gasteiger partial charge in [0.15, 0.2) is 5.78 Å². The van der Waals surface area contributed by atoms with Gasteiger partial charge in [0.05, 0.1) is 0 Å². The Kier molecular flexibility index (Phi) is 1.96. The van der Waals surface area contributed by atoms with Crippen LogP contribution in [0.3, 0.4) is 0 Å². The second kappa shape index (κ2) is 3.00. The zero-order valence-electron chi connectivity index (χ0n) is 7.79. The van der Waals surface area contributed by atoms with Crippen molar-refractivity contribution < 1.29 is 4.79 Å². The quantitative estimate of drug-likeness (QED) is 0.689. The fraction of sp³-hybridized carbons (Fsp3) is 0.500. The van der Waals surface area contributed by atoms with Crippen molar-refractivity contribution in [2.24, 2.45) is 18.7 Å². The molecule has 2 N–H and O–H groups in total. The number of fused-ring (bicyclic) bond motifs is 1. The molecule has 0 aromatic carbocycles. The highest BCUT2D eigenvalue weighted by Crippen LogP contribution is 2.25. The molecule has 1 aliphatic rings. The van der Waals surface area contributed by atoms with Crippen LogP contribution in [0.4, 0.5) is 0 Å². The molecule has 2 rings (SSSR count). The summed E-state index contributed by atoms with van der Waals surface area (Å²) in [6, 6.07) is 1.91. The molecule has 0 aliphatic heterocycles. The molecule has 1 atom stereocenters. The topological polar surface area (TPSA) is 48.0 Å². The van der Waals surface area contributed by atoms with Crippen molar-refractivity contribution in [2.45, 2.75) is 12.8 Å². The highest BCUT2D eigenvalue weighted by atomic mass is 16.1. The van der Waals surface area contributed by atoms with Crippen molar-refractivity contribution in [2.75, 3.05) is 6.54 Å². The van der Waals surface area contributed by atoms with Crippen LogP contribution in [0.1, 0.15) is 22.5 Å².